The van der Waals surface area contributed by atoms with Gasteiger partial charge in [-0.15, -0.1) is 0 Å². The van der Waals surface area contributed by atoms with Crippen molar-refractivity contribution in [3.05, 3.63) is 12.4 Å². The maximum absolute atomic E-state index is 5.85. The zero-order chi connectivity index (χ0) is 11.8. The highest BCUT2D eigenvalue weighted by atomic mass is 16.5. The fourth-order valence-electron chi connectivity index (χ4n) is 1.48. The van der Waals surface area contributed by atoms with Crippen LogP contribution in [0.15, 0.2) is 12.4 Å². The molecule has 1 atom stereocenters. The van der Waals surface area contributed by atoms with Gasteiger partial charge in [-0.1, -0.05) is 13.8 Å². The molecule has 0 amide bonds. The molecule has 0 aliphatic carbocycles. The van der Waals surface area contributed by atoms with E-state index in [2.05, 4.69) is 31.2 Å². The van der Waals surface area contributed by atoms with Gasteiger partial charge in [0.15, 0.2) is 5.75 Å². The Morgan fingerprint density at radius 2 is 2.25 bits per heavy atom. The van der Waals surface area contributed by atoms with Crippen molar-refractivity contribution in [3.8, 4) is 5.75 Å². The molecule has 1 aromatic rings. The fourth-order valence-corrected chi connectivity index (χ4v) is 1.48. The highest BCUT2D eigenvalue weighted by molar-refractivity contribution is 5.12. The third-order valence-electron chi connectivity index (χ3n) is 2.49. The second-order valence-electron chi connectivity index (χ2n) is 3.88. The molecule has 0 saturated heterocycles. The second-order valence-corrected chi connectivity index (χ2v) is 3.88. The lowest BCUT2D eigenvalue weighted by molar-refractivity contribution is 0.193. The molecule has 1 aromatic heterocycles. The molecule has 0 aliphatic heterocycles. The summed E-state index contributed by atoms with van der Waals surface area (Å²) in [5.74, 6) is 0.868. The predicted molar refractivity (Wildman–Crippen MR) is 65.8 cm³/mol. The average Bonchev–Trinajstić information content (AvgIpc) is 2.75. The van der Waals surface area contributed by atoms with Gasteiger partial charge in [0.05, 0.1) is 12.4 Å². The van der Waals surface area contributed by atoms with Gasteiger partial charge in [0.1, 0.15) is 6.10 Å². The minimum absolute atomic E-state index is 0.237. The summed E-state index contributed by atoms with van der Waals surface area (Å²) >= 11 is 0. The summed E-state index contributed by atoms with van der Waals surface area (Å²) in [6.07, 6.45) is 6.13. The molecule has 1 heterocycles. The number of aromatic nitrogens is 2. The van der Waals surface area contributed by atoms with E-state index in [1.807, 2.05) is 10.9 Å². The van der Waals surface area contributed by atoms with Crippen LogP contribution in [0.5, 0.6) is 5.75 Å². The van der Waals surface area contributed by atoms with Crippen LogP contribution in [0.2, 0.25) is 0 Å². The summed E-state index contributed by atoms with van der Waals surface area (Å²) < 4.78 is 7.72. The Morgan fingerprint density at radius 3 is 2.81 bits per heavy atom. The molecule has 1 N–H and O–H groups in total. The second kappa shape index (κ2) is 7.28. The van der Waals surface area contributed by atoms with Gasteiger partial charge in [-0.3, -0.25) is 4.68 Å². The van der Waals surface area contributed by atoms with E-state index in [0.717, 1.165) is 38.2 Å². The summed E-state index contributed by atoms with van der Waals surface area (Å²) in [6, 6.07) is 0. The van der Waals surface area contributed by atoms with Crippen LogP contribution in [0.3, 0.4) is 0 Å². The van der Waals surface area contributed by atoms with Gasteiger partial charge >= 0.3 is 0 Å². The van der Waals surface area contributed by atoms with Crippen LogP contribution in [0.25, 0.3) is 0 Å². The van der Waals surface area contributed by atoms with Gasteiger partial charge in [0, 0.05) is 13.1 Å². The molecule has 0 bridgehead atoms. The van der Waals surface area contributed by atoms with Crippen molar-refractivity contribution in [3.63, 3.8) is 0 Å². The van der Waals surface area contributed by atoms with Gasteiger partial charge in [-0.25, -0.2) is 0 Å². The highest BCUT2D eigenvalue weighted by Crippen LogP contribution is 2.11. The van der Waals surface area contributed by atoms with Crippen molar-refractivity contribution < 1.29 is 4.74 Å². The molecule has 0 aromatic carbocycles. The maximum atomic E-state index is 5.85. The summed E-state index contributed by atoms with van der Waals surface area (Å²) in [5.41, 5.74) is 0. The first-order valence-corrected chi connectivity index (χ1v) is 6.19. The minimum Gasteiger partial charge on any atom is -0.486 e. The normalized spacial score (nSPS) is 12.7. The van der Waals surface area contributed by atoms with E-state index in [9.17, 15) is 0 Å². The Hall–Kier alpha value is -1.03. The summed E-state index contributed by atoms with van der Waals surface area (Å²) in [4.78, 5) is 0. The third-order valence-corrected chi connectivity index (χ3v) is 2.49. The van der Waals surface area contributed by atoms with Crippen LogP contribution in [0.1, 0.15) is 33.6 Å². The van der Waals surface area contributed by atoms with E-state index in [4.69, 9.17) is 4.74 Å². The molecule has 0 fully saturated rings. The molecule has 0 saturated carbocycles. The van der Waals surface area contributed by atoms with Gasteiger partial charge in [-0.05, 0) is 26.3 Å². The summed E-state index contributed by atoms with van der Waals surface area (Å²) in [5, 5.41) is 7.56. The lowest BCUT2D eigenvalue weighted by Crippen LogP contribution is -2.31. The van der Waals surface area contributed by atoms with Crippen molar-refractivity contribution in [2.45, 2.75) is 46.3 Å². The number of ether oxygens (including phenoxy) is 1. The molecular formula is C12H23N3O. The Balaban J connectivity index is 2.36. The molecule has 4 nitrogen and oxygen atoms in total. The number of aryl methyl sites for hydroxylation is 1. The molecule has 4 heteroatoms. The van der Waals surface area contributed by atoms with E-state index in [-0.39, 0.29) is 6.10 Å². The van der Waals surface area contributed by atoms with Crippen molar-refractivity contribution in [1.29, 1.82) is 0 Å². The topological polar surface area (TPSA) is 39.1 Å². The molecule has 0 spiro atoms. The van der Waals surface area contributed by atoms with Crippen molar-refractivity contribution in [2.75, 3.05) is 13.1 Å². The molecule has 0 radical (unpaired) electrons. The molecule has 1 rings (SSSR count). The van der Waals surface area contributed by atoms with Gasteiger partial charge < -0.3 is 10.1 Å². The third kappa shape index (κ3) is 4.23. The Kier molecular flexibility index (Phi) is 5.93. The minimum atomic E-state index is 0.237. The van der Waals surface area contributed by atoms with Crippen molar-refractivity contribution >= 4 is 0 Å². The van der Waals surface area contributed by atoms with Gasteiger partial charge in [0.25, 0.3) is 0 Å². The van der Waals surface area contributed by atoms with Crippen LogP contribution in [0.4, 0.5) is 0 Å². The molecule has 1 unspecified atom stereocenters. The smallest absolute Gasteiger partial charge is 0.157 e. The standard InChI is InChI=1S/C12H23N3O/c1-4-7-13-8-11(5-2)16-12-9-14-15(6-3)10-12/h9-11,13H,4-8H2,1-3H3. The Morgan fingerprint density at radius 1 is 1.44 bits per heavy atom. The number of hydrogen-bond acceptors (Lipinski definition) is 3. The molecular weight excluding hydrogens is 202 g/mol. The summed E-state index contributed by atoms with van der Waals surface area (Å²) in [6.45, 7) is 9.21. The Bertz CT molecular complexity index is 286. The number of nitrogens with one attached hydrogen (secondary N) is 1. The summed E-state index contributed by atoms with van der Waals surface area (Å²) in [7, 11) is 0. The van der Waals surface area contributed by atoms with Crippen LogP contribution < -0.4 is 10.1 Å². The Labute approximate surface area is 98.0 Å². The quantitative estimate of drug-likeness (QED) is 0.688. The maximum Gasteiger partial charge on any atom is 0.157 e. The van der Waals surface area contributed by atoms with Gasteiger partial charge in [-0.2, -0.15) is 5.10 Å². The van der Waals surface area contributed by atoms with Gasteiger partial charge in [0.2, 0.25) is 0 Å². The van der Waals surface area contributed by atoms with E-state index in [0.29, 0.717) is 0 Å². The van der Waals surface area contributed by atoms with E-state index < -0.39 is 0 Å². The van der Waals surface area contributed by atoms with Crippen LogP contribution in [-0.2, 0) is 6.54 Å². The van der Waals surface area contributed by atoms with Crippen LogP contribution in [-0.4, -0.2) is 29.0 Å². The zero-order valence-corrected chi connectivity index (χ0v) is 10.6. The largest absolute Gasteiger partial charge is 0.486 e. The first kappa shape index (κ1) is 13.0. The molecule has 0 aliphatic rings. The molecule has 92 valence electrons. The highest BCUT2D eigenvalue weighted by Gasteiger charge is 2.08. The first-order valence-electron chi connectivity index (χ1n) is 6.19. The van der Waals surface area contributed by atoms with E-state index in [1.54, 1.807) is 6.20 Å². The van der Waals surface area contributed by atoms with Crippen LogP contribution in [0, 0.1) is 0 Å². The van der Waals surface area contributed by atoms with Crippen molar-refractivity contribution in [1.82, 2.24) is 15.1 Å². The van der Waals surface area contributed by atoms with E-state index >= 15 is 0 Å². The number of nitrogens with zero attached hydrogens (tertiary/aromatic N) is 2. The first-order chi connectivity index (χ1) is 7.80. The lowest BCUT2D eigenvalue weighted by atomic mass is 10.2. The zero-order valence-electron chi connectivity index (χ0n) is 10.6. The number of rotatable bonds is 8. The van der Waals surface area contributed by atoms with E-state index in [1.165, 1.54) is 0 Å². The monoisotopic (exact) mass is 225 g/mol. The van der Waals surface area contributed by atoms with Crippen LogP contribution >= 0.6 is 0 Å². The van der Waals surface area contributed by atoms with Crippen molar-refractivity contribution in [2.24, 2.45) is 0 Å². The average molecular weight is 225 g/mol. The lowest BCUT2D eigenvalue weighted by Gasteiger charge is -2.16. The number of hydrogen-bond donors (Lipinski definition) is 1. The SMILES string of the molecule is CCCNCC(CC)Oc1cnn(CC)c1. The molecule has 16 heavy (non-hydrogen) atoms. The fraction of sp³-hybridized carbons (Fsp3) is 0.750. The predicted octanol–water partition coefficient (Wildman–Crippen LogP) is 2.06.